The number of hydrogen-bond donors (Lipinski definition) is 1. The molecule has 0 radical (unpaired) electrons. The van der Waals surface area contributed by atoms with E-state index in [1.165, 1.54) is 6.07 Å². The number of carbonyl (C=O) groups excluding carboxylic acids is 1. The molecule has 17 heavy (non-hydrogen) atoms. The highest BCUT2D eigenvalue weighted by Crippen LogP contribution is 2.27. The smallest absolute Gasteiger partial charge is 0.293 e. The first kappa shape index (κ1) is 11.3. The molecule has 0 spiro atoms. The predicted octanol–water partition coefficient (Wildman–Crippen LogP) is 3.06. The van der Waals surface area contributed by atoms with Crippen LogP contribution in [0.15, 0.2) is 24.4 Å². The lowest BCUT2D eigenvalue weighted by Crippen LogP contribution is -1.96. The zero-order chi connectivity index (χ0) is 12.4. The molecule has 0 aliphatic heterocycles. The van der Waals surface area contributed by atoms with Crippen molar-refractivity contribution >= 4 is 22.4 Å². The molecule has 0 bridgehead atoms. The Hall–Kier alpha value is -2.17. The Bertz CT molecular complexity index is 586. The molecule has 1 N–H and O–H groups in total. The fraction of sp³-hybridized carbons (Fsp3) is 0.250. The minimum absolute atomic E-state index is 0.00181. The summed E-state index contributed by atoms with van der Waals surface area (Å²) in [7, 11) is 0. The maximum Gasteiger partial charge on any atom is 0.293 e. The molecule has 0 unspecified atom stereocenters. The van der Waals surface area contributed by atoms with Crippen molar-refractivity contribution < 1.29 is 9.72 Å². The molecule has 0 aliphatic carbocycles. The molecule has 0 aliphatic rings. The Morgan fingerprint density at radius 3 is 2.88 bits per heavy atom. The highest BCUT2D eigenvalue weighted by Gasteiger charge is 2.17. The van der Waals surface area contributed by atoms with Crippen LogP contribution in [-0.4, -0.2) is 15.7 Å². The average Bonchev–Trinajstić information content (AvgIpc) is 2.72. The zero-order valence-corrected chi connectivity index (χ0v) is 9.40. The third-order valence-electron chi connectivity index (χ3n) is 2.67. The second-order valence-electron chi connectivity index (χ2n) is 3.83. The van der Waals surface area contributed by atoms with Gasteiger partial charge in [-0.3, -0.25) is 14.9 Å². The normalized spacial score (nSPS) is 10.6. The van der Waals surface area contributed by atoms with Crippen molar-refractivity contribution in [1.82, 2.24) is 4.98 Å². The predicted molar refractivity (Wildman–Crippen MR) is 64.2 cm³/mol. The Kier molecular flexibility index (Phi) is 2.91. The van der Waals surface area contributed by atoms with E-state index in [1.54, 1.807) is 18.3 Å². The molecule has 0 saturated carbocycles. The molecule has 0 amide bonds. The summed E-state index contributed by atoms with van der Waals surface area (Å²) in [6.07, 6.45) is 2.77. The first-order valence-electron chi connectivity index (χ1n) is 5.42. The summed E-state index contributed by atoms with van der Waals surface area (Å²) in [5.74, 6) is 0.0132. The standard InChI is InChI=1S/C12H12N2O3/c1-2-4-11(15)9-7-13-12-8(9)5-3-6-10(12)14(16)17/h3,5-7,13H,2,4H2,1H3. The fourth-order valence-corrected chi connectivity index (χ4v) is 1.88. The molecule has 0 fully saturated rings. The van der Waals surface area contributed by atoms with Crippen LogP contribution in [0.2, 0.25) is 0 Å². The van der Waals surface area contributed by atoms with Crippen LogP contribution < -0.4 is 0 Å². The van der Waals surface area contributed by atoms with E-state index in [-0.39, 0.29) is 11.5 Å². The minimum atomic E-state index is -0.451. The maximum atomic E-state index is 11.8. The van der Waals surface area contributed by atoms with Crippen LogP contribution >= 0.6 is 0 Å². The number of nitrogens with one attached hydrogen (secondary N) is 1. The van der Waals surface area contributed by atoms with Gasteiger partial charge < -0.3 is 4.98 Å². The molecule has 88 valence electrons. The Morgan fingerprint density at radius 1 is 1.47 bits per heavy atom. The van der Waals surface area contributed by atoms with Crippen LogP contribution in [0.25, 0.3) is 10.9 Å². The number of hydrogen-bond acceptors (Lipinski definition) is 3. The van der Waals surface area contributed by atoms with Gasteiger partial charge in [0.25, 0.3) is 5.69 Å². The second-order valence-corrected chi connectivity index (χ2v) is 3.83. The SMILES string of the molecule is CCCC(=O)c1c[nH]c2c([N+](=O)[O-])cccc12. The molecular weight excluding hydrogens is 220 g/mol. The van der Waals surface area contributed by atoms with Crippen molar-refractivity contribution in [2.75, 3.05) is 0 Å². The van der Waals surface area contributed by atoms with E-state index in [0.29, 0.717) is 22.9 Å². The van der Waals surface area contributed by atoms with Gasteiger partial charge in [-0.15, -0.1) is 0 Å². The highest BCUT2D eigenvalue weighted by molar-refractivity contribution is 6.09. The molecule has 2 rings (SSSR count). The first-order valence-corrected chi connectivity index (χ1v) is 5.42. The third-order valence-corrected chi connectivity index (χ3v) is 2.67. The van der Waals surface area contributed by atoms with Crippen LogP contribution in [0.4, 0.5) is 5.69 Å². The van der Waals surface area contributed by atoms with Crippen molar-refractivity contribution in [2.24, 2.45) is 0 Å². The van der Waals surface area contributed by atoms with E-state index in [2.05, 4.69) is 4.98 Å². The molecule has 2 aromatic rings. The molecule has 1 heterocycles. The van der Waals surface area contributed by atoms with Crippen LogP contribution in [0, 0.1) is 10.1 Å². The number of carbonyl (C=O) groups is 1. The molecule has 1 aromatic carbocycles. The summed E-state index contributed by atoms with van der Waals surface area (Å²) in [5, 5.41) is 11.4. The Balaban J connectivity index is 2.58. The van der Waals surface area contributed by atoms with Crippen molar-refractivity contribution in [3.8, 4) is 0 Å². The number of nitro benzene ring substituents is 1. The van der Waals surface area contributed by atoms with Gasteiger partial charge in [-0.2, -0.15) is 0 Å². The summed E-state index contributed by atoms with van der Waals surface area (Å²) in [4.78, 5) is 25.0. The second kappa shape index (κ2) is 4.37. The number of nitrogens with zero attached hydrogens (tertiary/aromatic N) is 1. The van der Waals surface area contributed by atoms with Crippen LogP contribution in [-0.2, 0) is 0 Å². The number of H-pyrrole nitrogens is 1. The van der Waals surface area contributed by atoms with Gasteiger partial charge in [-0.25, -0.2) is 0 Å². The monoisotopic (exact) mass is 232 g/mol. The van der Waals surface area contributed by atoms with Crippen LogP contribution in [0.1, 0.15) is 30.1 Å². The number of aromatic amines is 1. The van der Waals surface area contributed by atoms with Crippen molar-refractivity contribution in [3.63, 3.8) is 0 Å². The number of aromatic nitrogens is 1. The molecule has 0 saturated heterocycles. The number of Topliss-reactive ketones (excluding diaryl/α,β-unsaturated/α-hetero) is 1. The fourth-order valence-electron chi connectivity index (χ4n) is 1.88. The van der Waals surface area contributed by atoms with Crippen molar-refractivity contribution in [3.05, 3.63) is 40.1 Å². The van der Waals surface area contributed by atoms with E-state index >= 15 is 0 Å². The van der Waals surface area contributed by atoms with Gasteiger partial charge in [-0.05, 0) is 6.42 Å². The average molecular weight is 232 g/mol. The summed E-state index contributed by atoms with van der Waals surface area (Å²) in [6, 6.07) is 4.74. The first-order chi connectivity index (χ1) is 8.15. The largest absolute Gasteiger partial charge is 0.355 e. The lowest BCUT2D eigenvalue weighted by Gasteiger charge is -1.97. The number of ketones is 1. The van der Waals surface area contributed by atoms with Crippen LogP contribution in [0.3, 0.4) is 0 Å². The summed E-state index contributed by atoms with van der Waals surface area (Å²) >= 11 is 0. The van der Waals surface area contributed by atoms with Crippen molar-refractivity contribution in [2.45, 2.75) is 19.8 Å². The van der Waals surface area contributed by atoms with Crippen molar-refractivity contribution in [1.29, 1.82) is 0 Å². The van der Waals surface area contributed by atoms with Gasteiger partial charge in [0.05, 0.1) is 4.92 Å². The summed E-state index contributed by atoms with van der Waals surface area (Å²) < 4.78 is 0. The molecule has 5 heteroatoms. The zero-order valence-electron chi connectivity index (χ0n) is 9.40. The number of fused-ring (bicyclic) bond motifs is 1. The molecule has 0 atom stereocenters. The lowest BCUT2D eigenvalue weighted by atomic mass is 10.1. The number of non-ortho nitro benzene ring substituents is 1. The highest BCUT2D eigenvalue weighted by atomic mass is 16.6. The van der Waals surface area contributed by atoms with Gasteiger partial charge in [0.2, 0.25) is 0 Å². The summed E-state index contributed by atoms with van der Waals surface area (Å²) in [5.41, 5.74) is 0.945. The maximum absolute atomic E-state index is 11.8. The molecule has 5 nitrogen and oxygen atoms in total. The lowest BCUT2D eigenvalue weighted by molar-refractivity contribution is -0.383. The molecule has 1 aromatic heterocycles. The van der Waals surface area contributed by atoms with Gasteiger partial charge in [0, 0.05) is 29.6 Å². The van der Waals surface area contributed by atoms with Gasteiger partial charge in [0.15, 0.2) is 5.78 Å². The molecular formula is C12H12N2O3. The third kappa shape index (κ3) is 1.91. The van der Waals surface area contributed by atoms with Gasteiger partial charge in [0.1, 0.15) is 5.52 Å². The van der Waals surface area contributed by atoms with E-state index in [1.807, 2.05) is 6.92 Å². The number of nitro groups is 1. The topological polar surface area (TPSA) is 76.0 Å². The van der Waals surface area contributed by atoms with Gasteiger partial charge >= 0.3 is 0 Å². The number of rotatable bonds is 4. The van der Waals surface area contributed by atoms with E-state index in [4.69, 9.17) is 0 Å². The quantitative estimate of drug-likeness (QED) is 0.500. The van der Waals surface area contributed by atoms with Gasteiger partial charge in [-0.1, -0.05) is 19.1 Å². The summed E-state index contributed by atoms with van der Waals surface area (Å²) in [6.45, 7) is 1.93. The number of para-hydroxylation sites is 1. The Morgan fingerprint density at radius 2 is 2.24 bits per heavy atom. The number of benzene rings is 1. The van der Waals surface area contributed by atoms with E-state index < -0.39 is 4.92 Å². The van der Waals surface area contributed by atoms with E-state index in [9.17, 15) is 14.9 Å². The van der Waals surface area contributed by atoms with E-state index in [0.717, 1.165) is 6.42 Å². The van der Waals surface area contributed by atoms with Crippen LogP contribution in [0.5, 0.6) is 0 Å². The Labute approximate surface area is 97.6 Å². The minimum Gasteiger partial charge on any atom is -0.355 e.